The van der Waals surface area contributed by atoms with Gasteiger partial charge < -0.3 is 9.84 Å². The van der Waals surface area contributed by atoms with Gasteiger partial charge in [-0.15, -0.1) is 0 Å². The Balaban J connectivity index is 1.29. The van der Waals surface area contributed by atoms with E-state index < -0.39 is 16.8 Å². The standard InChI is InChI=1S/C37H38N2O6/c1-4-9-27-19-30-34(37(42)38(36(30)41)28-12-8-13-29(20-28)39(43)44)31-21-45-32(33(27)31)15-14-26(25-10-6-5-7-11-25)18-24-16-22(2)35(40)23(3)17-24/h5-8,10-13,16-18,20,30-32,34,40H,4,9,14-15,19,21H2,1-3H3/b26-18-/t30-,31+,32-,34-/m1/s1. The van der Waals surface area contributed by atoms with Crippen molar-refractivity contribution in [3.63, 3.8) is 0 Å². The fourth-order valence-electron chi connectivity index (χ4n) is 7.52. The van der Waals surface area contributed by atoms with E-state index in [9.17, 15) is 24.8 Å². The number of nitro groups is 1. The number of amides is 2. The molecule has 3 aromatic carbocycles. The molecule has 0 aromatic heterocycles. The number of phenols is 1. The number of rotatable bonds is 9. The first kappa shape index (κ1) is 30.5. The molecule has 2 aliphatic heterocycles. The number of nitrogens with zero attached hydrogens (tertiary/aromatic N) is 2. The van der Waals surface area contributed by atoms with Crippen molar-refractivity contribution >= 4 is 34.8 Å². The third-order valence-electron chi connectivity index (χ3n) is 9.53. The van der Waals surface area contributed by atoms with Gasteiger partial charge in [0.25, 0.3) is 5.69 Å². The number of aromatic hydroxyl groups is 1. The number of non-ortho nitro benzene ring substituents is 1. The van der Waals surface area contributed by atoms with Gasteiger partial charge in [0.05, 0.1) is 35.2 Å². The number of carbonyl (C=O) groups is 2. The third-order valence-corrected chi connectivity index (χ3v) is 9.53. The summed E-state index contributed by atoms with van der Waals surface area (Å²) in [7, 11) is 0. The van der Waals surface area contributed by atoms with Crippen LogP contribution in [0.3, 0.4) is 0 Å². The van der Waals surface area contributed by atoms with Gasteiger partial charge in [0, 0.05) is 18.1 Å². The molecule has 0 spiro atoms. The van der Waals surface area contributed by atoms with Crippen LogP contribution in [0.2, 0.25) is 0 Å². The number of nitro benzene ring substituents is 1. The summed E-state index contributed by atoms with van der Waals surface area (Å²) in [5.74, 6) is -1.48. The fourth-order valence-corrected chi connectivity index (χ4v) is 7.52. The minimum absolute atomic E-state index is 0.155. The number of ether oxygens (including phenoxy) is 1. The maximum absolute atomic E-state index is 13.9. The van der Waals surface area contributed by atoms with Crippen LogP contribution in [0.15, 0.2) is 77.9 Å². The Kier molecular flexibility index (Phi) is 8.42. The molecule has 2 fully saturated rings. The van der Waals surface area contributed by atoms with Crippen molar-refractivity contribution in [2.45, 2.75) is 59.0 Å². The summed E-state index contributed by atoms with van der Waals surface area (Å²) in [6.07, 6.45) is 5.74. The zero-order valence-corrected chi connectivity index (χ0v) is 25.9. The van der Waals surface area contributed by atoms with Gasteiger partial charge in [-0.05, 0) is 91.1 Å². The van der Waals surface area contributed by atoms with Crippen molar-refractivity contribution < 1.29 is 24.4 Å². The molecular weight excluding hydrogens is 568 g/mol. The van der Waals surface area contributed by atoms with Crippen LogP contribution in [-0.2, 0) is 14.3 Å². The highest BCUT2D eigenvalue weighted by molar-refractivity contribution is 6.22. The summed E-state index contributed by atoms with van der Waals surface area (Å²) in [4.78, 5) is 39.7. The molecule has 1 aliphatic carbocycles. The second-order valence-corrected chi connectivity index (χ2v) is 12.4. The van der Waals surface area contributed by atoms with Gasteiger partial charge in [0.1, 0.15) is 5.75 Å². The van der Waals surface area contributed by atoms with E-state index in [1.807, 2.05) is 44.2 Å². The predicted molar refractivity (Wildman–Crippen MR) is 173 cm³/mol. The maximum Gasteiger partial charge on any atom is 0.271 e. The molecule has 3 aliphatic rings. The minimum Gasteiger partial charge on any atom is -0.507 e. The highest BCUT2D eigenvalue weighted by Crippen LogP contribution is 2.51. The first-order valence-electron chi connectivity index (χ1n) is 15.7. The number of benzene rings is 3. The van der Waals surface area contributed by atoms with E-state index >= 15 is 0 Å². The highest BCUT2D eigenvalue weighted by atomic mass is 16.6. The van der Waals surface area contributed by atoms with Crippen LogP contribution in [0.5, 0.6) is 5.75 Å². The van der Waals surface area contributed by atoms with Gasteiger partial charge in [-0.2, -0.15) is 0 Å². The second-order valence-electron chi connectivity index (χ2n) is 12.4. The van der Waals surface area contributed by atoms with Gasteiger partial charge in [-0.3, -0.25) is 19.7 Å². The van der Waals surface area contributed by atoms with Crippen LogP contribution < -0.4 is 4.90 Å². The molecule has 2 heterocycles. The molecule has 45 heavy (non-hydrogen) atoms. The number of imide groups is 1. The van der Waals surface area contributed by atoms with Gasteiger partial charge in [-0.1, -0.05) is 61.4 Å². The Bertz CT molecular complexity index is 1700. The van der Waals surface area contributed by atoms with E-state index in [0.29, 0.717) is 18.8 Å². The lowest BCUT2D eigenvalue weighted by Gasteiger charge is -2.32. The van der Waals surface area contributed by atoms with Crippen molar-refractivity contribution in [2.24, 2.45) is 17.8 Å². The molecule has 0 saturated carbocycles. The molecule has 4 atom stereocenters. The molecule has 8 nitrogen and oxygen atoms in total. The zero-order valence-electron chi connectivity index (χ0n) is 25.9. The summed E-state index contributed by atoms with van der Waals surface area (Å²) >= 11 is 0. The van der Waals surface area contributed by atoms with Crippen molar-refractivity contribution in [3.05, 3.63) is 110 Å². The first-order valence-corrected chi connectivity index (χ1v) is 15.7. The summed E-state index contributed by atoms with van der Waals surface area (Å²) in [5.41, 5.74) is 7.43. The molecular formula is C37H38N2O6. The fraction of sp³-hybridized carbons (Fsp3) is 0.351. The molecule has 2 saturated heterocycles. The van der Waals surface area contributed by atoms with Crippen LogP contribution in [0.1, 0.15) is 61.3 Å². The van der Waals surface area contributed by atoms with Crippen molar-refractivity contribution in [1.82, 2.24) is 0 Å². The smallest absolute Gasteiger partial charge is 0.271 e. The quantitative estimate of drug-likeness (QED) is 0.0885. The van der Waals surface area contributed by atoms with Crippen molar-refractivity contribution in [2.75, 3.05) is 11.5 Å². The van der Waals surface area contributed by atoms with Gasteiger partial charge >= 0.3 is 0 Å². The topological polar surface area (TPSA) is 110 Å². The number of allylic oxidation sites excluding steroid dienone is 2. The Morgan fingerprint density at radius 3 is 2.44 bits per heavy atom. The minimum atomic E-state index is -0.538. The maximum atomic E-state index is 13.9. The summed E-state index contributed by atoms with van der Waals surface area (Å²) < 4.78 is 6.46. The molecule has 3 aromatic rings. The molecule has 2 amide bonds. The first-order chi connectivity index (χ1) is 21.7. The van der Waals surface area contributed by atoms with Crippen LogP contribution >= 0.6 is 0 Å². The molecule has 1 N–H and O–H groups in total. The average Bonchev–Trinajstić information content (AvgIpc) is 3.56. The molecule has 6 rings (SSSR count). The number of fused-ring (bicyclic) bond motifs is 3. The van der Waals surface area contributed by atoms with Gasteiger partial charge in [0.2, 0.25) is 11.8 Å². The third kappa shape index (κ3) is 5.71. The Labute approximate surface area is 263 Å². The zero-order chi connectivity index (χ0) is 31.8. The molecule has 0 unspecified atom stereocenters. The van der Waals surface area contributed by atoms with Crippen LogP contribution in [0.4, 0.5) is 11.4 Å². The highest BCUT2D eigenvalue weighted by Gasteiger charge is 2.57. The van der Waals surface area contributed by atoms with Gasteiger partial charge in [-0.25, -0.2) is 4.90 Å². The van der Waals surface area contributed by atoms with Crippen LogP contribution in [0, 0.1) is 41.7 Å². The second kappa shape index (κ2) is 12.4. The number of hydrogen-bond acceptors (Lipinski definition) is 6. The van der Waals surface area contributed by atoms with E-state index in [1.54, 1.807) is 6.07 Å². The van der Waals surface area contributed by atoms with E-state index in [4.69, 9.17) is 4.74 Å². The Hall–Kier alpha value is -4.56. The Morgan fingerprint density at radius 1 is 1.02 bits per heavy atom. The average molecular weight is 607 g/mol. The summed E-state index contributed by atoms with van der Waals surface area (Å²) in [5, 5.41) is 21.7. The number of anilines is 1. The number of phenolic OH excluding ortho intramolecular Hbond substituents is 1. The normalized spacial score (nSPS) is 23.0. The predicted octanol–water partition coefficient (Wildman–Crippen LogP) is 7.56. The van der Waals surface area contributed by atoms with Crippen LogP contribution in [-0.4, -0.2) is 34.6 Å². The molecule has 8 heteroatoms. The van der Waals surface area contributed by atoms with E-state index in [-0.39, 0.29) is 35.2 Å². The number of aryl methyl sites for hydroxylation is 2. The molecule has 0 radical (unpaired) electrons. The van der Waals surface area contributed by atoms with Crippen molar-refractivity contribution in [1.29, 1.82) is 0 Å². The molecule has 0 bridgehead atoms. The lowest BCUT2D eigenvalue weighted by molar-refractivity contribution is -0.384. The van der Waals surface area contributed by atoms with E-state index in [1.165, 1.54) is 34.2 Å². The largest absolute Gasteiger partial charge is 0.507 e. The molecule has 232 valence electrons. The number of hydrogen-bond donors (Lipinski definition) is 1. The number of carbonyl (C=O) groups excluding carboxylic acids is 2. The SMILES string of the molecule is CCCC1=C2[C@@H](CC/C(=C/c3cc(C)c(O)c(C)c3)c3ccccc3)OC[C@@H]2[C@@H]2C(=O)N(c3cccc([N+](=O)[O-])c3)C(=O)[C@@H]2C1. The Morgan fingerprint density at radius 2 is 1.76 bits per heavy atom. The summed E-state index contributed by atoms with van der Waals surface area (Å²) in [6.45, 7) is 6.30. The lowest BCUT2D eigenvalue weighted by atomic mass is 9.68. The monoisotopic (exact) mass is 606 g/mol. The van der Waals surface area contributed by atoms with Crippen molar-refractivity contribution in [3.8, 4) is 5.75 Å². The van der Waals surface area contributed by atoms with E-state index in [0.717, 1.165) is 53.5 Å². The summed E-state index contributed by atoms with van der Waals surface area (Å²) in [6, 6.07) is 20.0. The lowest BCUT2D eigenvalue weighted by Crippen LogP contribution is -2.34. The van der Waals surface area contributed by atoms with E-state index in [2.05, 4.69) is 25.1 Å². The van der Waals surface area contributed by atoms with Crippen LogP contribution in [0.25, 0.3) is 11.6 Å². The van der Waals surface area contributed by atoms with Gasteiger partial charge in [0.15, 0.2) is 0 Å².